The molecule has 0 saturated heterocycles. The summed E-state index contributed by atoms with van der Waals surface area (Å²) in [7, 11) is 0. The fourth-order valence-corrected chi connectivity index (χ4v) is 2.04. The van der Waals surface area contributed by atoms with Crippen molar-refractivity contribution in [1.29, 1.82) is 0 Å². The number of nitrogens with zero attached hydrogens (tertiary/aromatic N) is 3. The van der Waals surface area contributed by atoms with Crippen LogP contribution in [0, 0.1) is 0 Å². The van der Waals surface area contributed by atoms with Crippen molar-refractivity contribution in [3.63, 3.8) is 0 Å². The zero-order valence-corrected chi connectivity index (χ0v) is 11.5. The molecule has 0 saturated carbocycles. The Morgan fingerprint density at radius 2 is 2.28 bits per heavy atom. The molecule has 0 radical (unpaired) electrons. The van der Waals surface area contributed by atoms with Crippen molar-refractivity contribution in [1.82, 2.24) is 20.1 Å². The predicted molar refractivity (Wildman–Crippen MR) is 68.1 cm³/mol. The van der Waals surface area contributed by atoms with Gasteiger partial charge in [0.25, 0.3) is 0 Å². The lowest BCUT2D eigenvalue weighted by molar-refractivity contribution is -0.151. The Labute approximate surface area is 108 Å². The molecule has 0 aliphatic heterocycles. The van der Waals surface area contributed by atoms with Crippen molar-refractivity contribution in [3.05, 3.63) is 12.7 Å². The molecule has 0 amide bonds. The second-order valence-corrected chi connectivity index (χ2v) is 4.51. The quantitative estimate of drug-likeness (QED) is 0.739. The highest BCUT2D eigenvalue weighted by atomic mass is 16.5. The van der Waals surface area contributed by atoms with Crippen molar-refractivity contribution < 1.29 is 9.53 Å². The summed E-state index contributed by atoms with van der Waals surface area (Å²) in [6.45, 7) is 8.74. The fraction of sp³-hybridized carbons (Fsp3) is 0.750. The van der Waals surface area contributed by atoms with Crippen molar-refractivity contribution >= 4 is 5.97 Å². The molecule has 0 spiro atoms. The fourth-order valence-electron chi connectivity index (χ4n) is 2.04. The van der Waals surface area contributed by atoms with Crippen molar-refractivity contribution in [2.24, 2.45) is 0 Å². The molecule has 0 aromatic carbocycles. The van der Waals surface area contributed by atoms with Crippen LogP contribution in [0.15, 0.2) is 12.7 Å². The van der Waals surface area contributed by atoms with E-state index in [0.29, 0.717) is 19.6 Å². The first-order chi connectivity index (χ1) is 8.53. The number of esters is 1. The molecular weight excluding hydrogens is 232 g/mol. The topological polar surface area (TPSA) is 69.0 Å². The van der Waals surface area contributed by atoms with E-state index in [1.54, 1.807) is 11.0 Å². The van der Waals surface area contributed by atoms with E-state index >= 15 is 0 Å². The van der Waals surface area contributed by atoms with E-state index in [9.17, 15) is 4.79 Å². The Balaban J connectivity index is 2.75. The second-order valence-electron chi connectivity index (χ2n) is 4.51. The maximum atomic E-state index is 12.0. The monoisotopic (exact) mass is 254 g/mol. The molecule has 1 aromatic heterocycles. The van der Waals surface area contributed by atoms with Gasteiger partial charge in [0.1, 0.15) is 18.2 Å². The average Bonchev–Trinajstić information content (AvgIpc) is 2.83. The molecule has 6 nitrogen and oxygen atoms in total. The molecule has 2 unspecified atom stereocenters. The summed E-state index contributed by atoms with van der Waals surface area (Å²) in [5, 5.41) is 7.29. The molecule has 1 aromatic rings. The van der Waals surface area contributed by atoms with E-state index in [-0.39, 0.29) is 12.0 Å². The Hall–Kier alpha value is -1.43. The van der Waals surface area contributed by atoms with Gasteiger partial charge in [-0.1, -0.05) is 6.92 Å². The van der Waals surface area contributed by atoms with E-state index in [4.69, 9.17) is 4.74 Å². The number of ether oxygens (including phenoxy) is 1. The highest BCUT2D eigenvalue weighted by molar-refractivity contribution is 5.80. The van der Waals surface area contributed by atoms with Crippen LogP contribution in [0.3, 0.4) is 0 Å². The first kappa shape index (κ1) is 14.6. The van der Waals surface area contributed by atoms with Crippen LogP contribution < -0.4 is 5.32 Å². The van der Waals surface area contributed by atoms with Crippen LogP contribution in [0.5, 0.6) is 0 Å². The lowest BCUT2D eigenvalue weighted by Gasteiger charge is -2.30. The number of rotatable bonds is 7. The summed E-state index contributed by atoms with van der Waals surface area (Å²) < 4.78 is 6.88. The van der Waals surface area contributed by atoms with E-state index in [1.807, 2.05) is 27.7 Å². The molecule has 0 fully saturated rings. The molecule has 6 heteroatoms. The van der Waals surface area contributed by atoms with Gasteiger partial charge >= 0.3 is 5.97 Å². The third-order valence-corrected chi connectivity index (χ3v) is 2.88. The van der Waals surface area contributed by atoms with Gasteiger partial charge in [-0.15, -0.1) is 0 Å². The van der Waals surface area contributed by atoms with Crippen LogP contribution in [-0.4, -0.2) is 39.4 Å². The van der Waals surface area contributed by atoms with Gasteiger partial charge in [-0.3, -0.25) is 9.48 Å². The smallest absolute Gasteiger partial charge is 0.326 e. The number of hydrogen-bond acceptors (Lipinski definition) is 5. The molecule has 0 aliphatic rings. The minimum Gasteiger partial charge on any atom is -0.465 e. The van der Waals surface area contributed by atoms with Crippen LogP contribution in [0.1, 0.15) is 40.2 Å². The van der Waals surface area contributed by atoms with E-state index in [0.717, 1.165) is 0 Å². The van der Waals surface area contributed by atoms with Crippen molar-refractivity contribution in [2.45, 2.75) is 45.7 Å². The van der Waals surface area contributed by atoms with Crippen LogP contribution in [0.4, 0.5) is 0 Å². The Bertz CT molecular complexity index is 366. The predicted octanol–water partition coefficient (Wildman–Crippen LogP) is 1.16. The summed E-state index contributed by atoms with van der Waals surface area (Å²) in [6, 6.07) is 0.0703. The van der Waals surface area contributed by atoms with Crippen LogP contribution >= 0.6 is 0 Å². The standard InChI is InChI=1S/C12H22N4O2/c1-5-14-12(4,11(17)18-6-2)7-10(3)16-9-13-8-15-16/h8-10,14H,5-7H2,1-4H3. The molecule has 102 valence electrons. The Morgan fingerprint density at radius 3 is 2.78 bits per heavy atom. The molecule has 1 heterocycles. The first-order valence-corrected chi connectivity index (χ1v) is 6.29. The minimum atomic E-state index is -0.698. The SMILES string of the molecule is CCNC(C)(CC(C)n1cncn1)C(=O)OCC. The van der Waals surface area contributed by atoms with Gasteiger partial charge in [0.15, 0.2) is 0 Å². The molecule has 0 bridgehead atoms. The van der Waals surface area contributed by atoms with Crippen molar-refractivity contribution in [2.75, 3.05) is 13.2 Å². The number of hydrogen-bond donors (Lipinski definition) is 1. The molecule has 18 heavy (non-hydrogen) atoms. The Morgan fingerprint density at radius 1 is 1.56 bits per heavy atom. The third-order valence-electron chi connectivity index (χ3n) is 2.88. The third kappa shape index (κ3) is 3.53. The van der Waals surface area contributed by atoms with E-state index in [1.165, 1.54) is 6.33 Å². The van der Waals surface area contributed by atoms with E-state index < -0.39 is 5.54 Å². The minimum absolute atomic E-state index is 0.0703. The number of likely N-dealkylation sites (N-methyl/N-ethyl adjacent to an activating group) is 1. The maximum Gasteiger partial charge on any atom is 0.326 e. The lowest BCUT2D eigenvalue weighted by atomic mass is 9.93. The number of nitrogens with one attached hydrogen (secondary N) is 1. The number of aromatic nitrogens is 3. The second kappa shape index (κ2) is 6.49. The summed E-state index contributed by atoms with van der Waals surface area (Å²) in [6.07, 6.45) is 3.75. The molecule has 1 rings (SSSR count). The number of carbonyl (C=O) groups is 1. The average molecular weight is 254 g/mol. The van der Waals surface area contributed by atoms with Crippen LogP contribution in [-0.2, 0) is 9.53 Å². The van der Waals surface area contributed by atoms with Crippen molar-refractivity contribution in [3.8, 4) is 0 Å². The zero-order chi connectivity index (χ0) is 13.6. The van der Waals surface area contributed by atoms with E-state index in [2.05, 4.69) is 15.4 Å². The lowest BCUT2D eigenvalue weighted by Crippen LogP contribution is -2.51. The molecular formula is C12H22N4O2. The van der Waals surface area contributed by atoms with Crippen LogP contribution in [0.2, 0.25) is 0 Å². The Kier molecular flexibility index (Phi) is 5.27. The van der Waals surface area contributed by atoms with Gasteiger partial charge in [-0.25, -0.2) is 4.98 Å². The summed E-state index contributed by atoms with van der Waals surface area (Å²) in [5.41, 5.74) is -0.698. The number of carbonyl (C=O) groups excluding carboxylic acids is 1. The highest BCUT2D eigenvalue weighted by Gasteiger charge is 2.35. The van der Waals surface area contributed by atoms with Gasteiger partial charge in [0.05, 0.1) is 12.6 Å². The highest BCUT2D eigenvalue weighted by Crippen LogP contribution is 2.21. The molecule has 2 atom stereocenters. The van der Waals surface area contributed by atoms with Gasteiger partial charge in [-0.05, 0) is 33.7 Å². The maximum absolute atomic E-state index is 12.0. The molecule has 0 aliphatic carbocycles. The van der Waals surface area contributed by atoms with Gasteiger partial charge in [-0.2, -0.15) is 5.10 Å². The van der Waals surface area contributed by atoms with Gasteiger partial charge in [0.2, 0.25) is 0 Å². The summed E-state index contributed by atoms with van der Waals surface area (Å²) in [5.74, 6) is -0.223. The first-order valence-electron chi connectivity index (χ1n) is 6.29. The summed E-state index contributed by atoms with van der Waals surface area (Å²) in [4.78, 5) is 15.9. The van der Waals surface area contributed by atoms with Crippen LogP contribution in [0.25, 0.3) is 0 Å². The zero-order valence-electron chi connectivity index (χ0n) is 11.5. The largest absolute Gasteiger partial charge is 0.465 e. The van der Waals surface area contributed by atoms with Gasteiger partial charge < -0.3 is 10.1 Å². The molecule has 1 N–H and O–H groups in total. The van der Waals surface area contributed by atoms with Gasteiger partial charge in [0, 0.05) is 0 Å². The summed E-state index contributed by atoms with van der Waals surface area (Å²) >= 11 is 0. The normalized spacial score (nSPS) is 16.0.